The van der Waals surface area contributed by atoms with Gasteiger partial charge in [0.25, 0.3) is 5.91 Å². The van der Waals surface area contributed by atoms with Crippen molar-refractivity contribution < 1.29 is 18.3 Å². The molecule has 0 aliphatic heterocycles. The number of nitrogens with two attached hydrogens (primary N) is 1. The number of nitrogens with one attached hydrogen (secondary N) is 1. The fraction of sp³-hybridized carbons (Fsp3) is 0.0769. The Bertz CT molecular complexity index is 650. The van der Waals surface area contributed by atoms with Gasteiger partial charge in [-0.15, -0.1) is 0 Å². The fourth-order valence-electron chi connectivity index (χ4n) is 1.50. The number of halogens is 3. The van der Waals surface area contributed by atoms with Crippen molar-refractivity contribution in [1.82, 2.24) is 4.98 Å². The first kappa shape index (κ1) is 15.0. The van der Waals surface area contributed by atoms with Crippen LogP contribution in [0.5, 0.6) is 5.75 Å². The third-order valence-electron chi connectivity index (χ3n) is 2.47. The highest BCUT2D eigenvalue weighted by molar-refractivity contribution is 6.33. The van der Waals surface area contributed by atoms with Crippen LogP contribution < -0.4 is 15.8 Å². The largest absolute Gasteiger partial charge is 0.435 e. The zero-order valence-electron chi connectivity index (χ0n) is 10.5. The number of hydrogen-bond donors (Lipinski definition) is 2. The number of hydrogen-bond acceptors (Lipinski definition) is 4. The lowest BCUT2D eigenvalue weighted by atomic mass is 10.2. The van der Waals surface area contributed by atoms with Crippen molar-refractivity contribution in [2.45, 2.75) is 6.61 Å². The van der Waals surface area contributed by atoms with Crippen LogP contribution in [-0.2, 0) is 0 Å². The number of nitrogen functional groups attached to an aromatic ring is 1. The molecule has 3 N–H and O–H groups in total. The van der Waals surface area contributed by atoms with E-state index in [0.29, 0.717) is 5.69 Å². The number of amides is 1. The summed E-state index contributed by atoms with van der Waals surface area (Å²) in [6.07, 6.45) is 1.28. The number of carbonyl (C=O) groups is 1. The minimum absolute atomic E-state index is 0.000180. The Balaban J connectivity index is 2.06. The first-order valence-corrected chi connectivity index (χ1v) is 6.11. The molecule has 2 rings (SSSR count). The van der Waals surface area contributed by atoms with E-state index in [1.54, 1.807) is 0 Å². The third kappa shape index (κ3) is 4.03. The number of ether oxygens (including phenoxy) is 1. The number of carbonyl (C=O) groups excluding carboxylic acids is 1. The van der Waals surface area contributed by atoms with E-state index in [2.05, 4.69) is 15.0 Å². The van der Waals surface area contributed by atoms with Crippen molar-refractivity contribution in [2.24, 2.45) is 0 Å². The molecule has 0 saturated carbocycles. The summed E-state index contributed by atoms with van der Waals surface area (Å²) < 4.78 is 28.2. The molecule has 0 saturated heterocycles. The Morgan fingerprint density at radius 1 is 1.33 bits per heavy atom. The zero-order chi connectivity index (χ0) is 15.4. The highest BCUT2D eigenvalue weighted by Gasteiger charge is 2.10. The zero-order valence-corrected chi connectivity index (χ0v) is 11.3. The van der Waals surface area contributed by atoms with Crippen LogP contribution in [0.1, 0.15) is 10.4 Å². The van der Waals surface area contributed by atoms with Crippen molar-refractivity contribution in [2.75, 3.05) is 11.1 Å². The van der Waals surface area contributed by atoms with Crippen molar-refractivity contribution >= 4 is 29.0 Å². The second-order valence-corrected chi connectivity index (χ2v) is 4.36. The molecule has 1 aromatic carbocycles. The van der Waals surface area contributed by atoms with Crippen LogP contribution in [0.15, 0.2) is 36.5 Å². The molecule has 5 nitrogen and oxygen atoms in total. The van der Waals surface area contributed by atoms with Crippen LogP contribution in [0.4, 0.5) is 20.3 Å². The molecule has 0 atom stereocenters. The lowest BCUT2D eigenvalue weighted by Crippen LogP contribution is -2.12. The van der Waals surface area contributed by atoms with Gasteiger partial charge in [0.15, 0.2) is 0 Å². The van der Waals surface area contributed by atoms with Gasteiger partial charge < -0.3 is 15.8 Å². The van der Waals surface area contributed by atoms with Crippen molar-refractivity contribution in [3.05, 3.63) is 47.1 Å². The van der Waals surface area contributed by atoms with Gasteiger partial charge >= 0.3 is 6.61 Å². The maximum Gasteiger partial charge on any atom is 0.387 e. The van der Waals surface area contributed by atoms with Crippen molar-refractivity contribution in [1.29, 1.82) is 0 Å². The Morgan fingerprint density at radius 2 is 2.00 bits per heavy atom. The number of anilines is 2. The van der Waals surface area contributed by atoms with Gasteiger partial charge in [0.05, 0.1) is 10.6 Å². The molecule has 110 valence electrons. The van der Waals surface area contributed by atoms with E-state index in [1.807, 2.05) is 0 Å². The molecule has 2 aromatic rings. The molecule has 1 heterocycles. The lowest BCUT2D eigenvalue weighted by Gasteiger charge is -2.08. The van der Waals surface area contributed by atoms with Gasteiger partial charge in [0.2, 0.25) is 0 Å². The van der Waals surface area contributed by atoms with E-state index < -0.39 is 12.5 Å². The number of benzene rings is 1. The average molecular weight is 314 g/mol. The van der Waals surface area contributed by atoms with Crippen LogP contribution in [0, 0.1) is 0 Å². The number of nitrogens with zero attached hydrogens (tertiary/aromatic N) is 1. The Hall–Kier alpha value is -2.41. The quantitative estimate of drug-likeness (QED) is 0.909. The first-order valence-electron chi connectivity index (χ1n) is 5.73. The SMILES string of the molecule is Nc1ncc(C(=O)Nc2ccc(OC(F)F)cc2)cc1Cl. The summed E-state index contributed by atoms with van der Waals surface area (Å²) in [5, 5.41) is 2.73. The van der Waals surface area contributed by atoms with Gasteiger partial charge in [0.1, 0.15) is 11.6 Å². The predicted molar refractivity (Wildman–Crippen MR) is 74.7 cm³/mol. The molecule has 8 heteroatoms. The van der Waals surface area contributed by atoms with E-state index in [0.717, 1.165) is 0 Å². The van der Waals surface area contributed by atoms with Crippen LogP contribution in [-0.4, -0.2) is 17.5 Å². The predicted octanol–water partition coefficient (Wildman–Crippen LogP) is 3.17. The highest BCUT2D eigenvalue weighted by atomic mass is 35.5. The summed E-state index contributed by atoms with van der Waals surface area (Å²) in [5.41, 5.74) is 6.08. The lowest BCUT2D eigenvalue weighted by molar-refractivity contribution is -0.0498. The summed E-state index contributed by atoms with van der Waals surface area (Å²) in [5.74, 6) is -0.325. The number of pyridine rings is 1. The van der Waals surface area contributed by atoms with Crippen molar-refractivity contribution in [3.8, 4) is 5.75 Å². The summed E-state index contributed by atoms with van der Waals surface area (Å²) in [7, 11) is 0. The monoisotopic (exact) mass is 313 g/mol. The van der Waals surface area contributed by atoms with E-state index in [4.69, 9.17) is 17.3 Å². The number of rotatable bonds is 4. The molecule has 1 aromatic heterocycles. The second kappa shape index (κ2) is 6.36. The van der Waals surface area contributed by atoms with Crippen molar-refractivity contribution in [3.63, 3.8) is 0 Å². The Kier molecular flexibility index (Phi) is 4.54. The van der Waals surface area contributed by atoms with Crippen LogP contribution >= 0.6 is 11.6 Å². The Labute approximate surface area is 123 Å². The molecular weight excluding hydrogens is 304 g/mol. The van der Waals surface area contributed by atoms with Gasteiger partial charge in [-0.2, -0.15) is 8.78 Å². The molecule has 1 amide bonds. The minimum Gasteiger partial charge on any atom is -0.435 e. The fourth-order valence-corrected chi connectivity index (χ4v) is 1.66. The Morgan fingerprint density at radius 3 is 2.57 bits per heavy atom. The highest BCUT2D eigenvalue weighted by Crippen LogP contribution is 2.20. The van der Waals surface area contributed by atoms with E-state index in [-0.39, 0.29) is 22.2 Å². The maximum absolute atomic E-state index is 12.0. The molecule has 0 unspecified atom stereocenters. The van der Waals surface area contributed by atoms with Crippen LogP contribution in [0.25, 0.3) is 0 Å². The van der Waals surface area contributed by atoms with Gasteiger partial charge in [-0.1, -0.05) is 11.6 Å². The minimum atomic E-state index is -2.89. The van der Waals surface area contributed by atoms with Gasteiger partial charge in [0, 0.05) is 11.9 Å². The molecule has 0 aliphatic rings. The molecule has 0 spiro atoms. The summed E-state index contributed by atoms with van der Waals surface area (Å²) in [6, 6.07) is 6.88. The summed E-state index contributed by atoms with van der Waals surface area (Å²) in [6.45, 7) is -2.89. The summed E-state index contributed by atoms with van der Waals surface area (Å²) in [4.78, 5) is 15.7. The summed E-state index contributed by atoms with van der Waals surface area (Å²) >= 11 is 5.78. The van der Waals surface area contributed by atoms with E-state index >= 15 is 0 Å². The maximum atomic E-state index is 12.0. The molecule has 21 heavy (non-hydrogen) atoms. The van der Waals surface area contributed by atoms with Gasteiger partial charge in [-0.05, 0) is 30.3 Å². The van der Waals surface area contributed by atoms with Gasteiger partial charge in [-0.3, -0.25) is 4.79 Å². The van der Waals surface area contributed by atoms with Crippen LogP contribution in [0.2, 0.25) is 5.02 Å². The molecule has 0 aliphatic carbocycles. The topological polar surface area (TPSA) is 77.2 Å². The van der Waals surface area contributed by atoms with E-state index in [9.17, 15) is 13.6 Å². The third-order valence-corrected chi connectivity index (χ3v) is 2.77. The average Bonchev–Trinajstić information content (AvgIpc) is 2.43. The normalized spacial score (nSPS) is 10.5. The number of alkyl halides is 2. The molecule has 0 radical (unpaired) electrons. The van der Waals surface area contributed by atoms with E-state index in [1.165, 1.54) is 36.5 Å². The molecule has 0 bridgehead atoms. The van der Waals surface area contributed by atoms with Gasteiger partial charge in [-0.25, -0.2) is 4.98 Å². The molecular formula is C13H10ClF2N3O2. The molecule has 0 fully saturated rings. The second-order valence-electron chi connectivity index (χ2n) is 3.95. The first-order chi connectivity index (χ1) is 9.95. The van der Waals surface area contributed by atoms with Crippen LogP contribution in [0.3, 0.4) is 0 Å². The number of aromatic nitrogens is 1. The smallest absolute Gasteiger partial charge is 0.387 e. The standard InChI is InChI=1S/C13H10ClF2N3O2/c14-10-5-7(6-18-11(10)17)12(20)19-8-1-3-9(4-2-8)21-13(15)16/h1-6,13H,(H2,17,18)(H,19,20).